The normalized spacial score (nSPS) is 17.0. The SMILES string of the molecule is CC(C)(C)c1ccc(C(=O)Nc2cn3nc(N4CCCC(C(=O)O)C4)ccc3n2)cc1. The van der Waals surface area contributed by atoms with Gasteiger partial charge in [0.15, 0.2) is 11.5 Å². The van der Waals surface area contributed by atoms with Gasteiger partial charge in [-0.1, -0.05) is 32.9 Å². The van der Waals surface area contributed by atoms with Crippen LogP contribution in [0.5, 0.6) is 0 Å². The van der Waals surface area contributed by atoms with E-state index in [4.69, 9.17) is 0 Å². The van der Waals surface area contributed by atoms with Gasteiger partial charge < -0.3 is 15.3 Å². The van der Waals surface area contributed by atoms with Gasteiger partial charge in [-0.25, -0.2) is 9.50 Å². The van der Waals surface area contributed by atoms with Crippen LogP contribution < -0.4 is 10.2 Å². The number of anilines is 2. The lowest BCUT2D eigenvalue weighted by Gasteiger charge is -2.31. The molecule has 1 aromatic carbocycles. The van der Waals surface area contributed by atoms with E-state index in [1.165, 1.54) is 0 Å². The molecular formula is C23H27N5O3. The minimum absolute atomic E-state index is 0.0266. The predicted molar refractivity (Wildman–Crippen MR) is 119 cm³/mol. The number of carbonyl (C=O) groups is 2. The van der Waals surface area contributed by atoms with Crippen LogP contribution in [-0.2, 0) is 10.2 Å². The van der Waals surface area contributed by atoms with E-state index in [2.05, 4.69) is 36.2 Å². The number of imidazole rings is 1. The molecule has 162 valence electrons. The van der Waals surface area contributed by atoms with Crippen molar-refractivity contribution in [1.29, 1.82) is 0 Å². The fourth-order valence-electron chi connectivity index (χ4n) is 3.80. The van der Waals surface area contributed by atoms with Crippen LogP contribution in [0.1, 0.15) is 49.5 Å². The highest BCUT2D eigenvalue weighted by molar-refractivity contribution is 6.03. The number of aromatic nitrogens is 3. The summed E-state index contributed by atoms with van der Waals surface area (Å²) in [4.78, 5) is 30.4. The highest BCUT2D eigenvalue weighted by Crippen LogP contribution is 2.24. The van der Waals surface area contributed by atoms with E-state index in [-0.39, 0.29) is 17.2 Å². The largest absolute Gasteiger partial charge is 0.481 e. The molecule has 31 heavy (non-hydrogen) atoms. The smallest absolute Gasteiger partial charge is 0.308 e. The molecule has 0 saturated carbocycles. The third kappa shape index (κ3) is 4.52. The number of carboxylic acid groups (broad SMARTS) is 1. The van der Waals surface area contributed by atoms with Gasteiger partial charge in [0.2, 0.25) is 0 Å². The highest BCUT2D eigenvalue weighted by Gasteiger charge is 2.26. The first-order valence-electron chi connectivity index (χ1n) is 10.5. The maximum absolute atomic E-state index is 12.6. The Kier molecular flexibility index (Phi) is 5.39. The van der Waals surface area contributed by atoms with E-state index >= 15 is 0 Å². The highest BCUT2D eigenvalue weighted by atomic mass is 16.4. The quantitative estimate of drug-likeness (QED) is 0.668. The molecule has 1 aliphatic rings. The second-order valence-electron chi connectivity index (χ2n) is 9.03. The second kappa shape index (κ2) is 8.02. The van der Waals surface area contributed by atoms with Gasteiger partial charge in [0.1, 0.15) is 5.82 Å². The number of benzene rings is 1. The summed E-state index contributed by atoms with van der Waals surface area (Å²) >= 11 is 0. The van der Waals surface area contributed by atoms with Crippen molar-refractivity contribution in [3.05, 3.63) is 53.7 Å². The molecule has 1 atom stereocenters. The molecule has 8 nitrogen and oxygen atoms in total. The summed E-state index contributed by atoms with van der Waals surface area (Å²) in [5.41, 5.74) is 2.36. The third-order valence-corrected chi connectivity index (χ3v) is 5.66. The lowest BCUT2D eigenvalue weighted by Crippen LogP contribution is -2.39. The summed E-state index contributed by atoms with van der Waals surface area (Å²) in [7, 11) is 0. The summed E-state index contributed by atoms with van der Waals surface area (Å²) in [5, 5.41) is 16.7. The van der Waals surface area contributed by atoms with Gasteiger partial charge in [-0.3, -0.25) is 9.59 Å². The monoisotopic (exact) mass is 421 g/mol. The van der Waals surface area contributed by atoms with Crippen molar-refractivity contribution < 1.29 is 14.7 Å². The molecule has 1 amide bonds. The van der Waals surface area contributed by atoms with Crippen LogP contribution >= 0.6 is 0 Å². The van der Waals surface area contributed by atoms with E-state index in [1.807, 2.05) is 41.3 Å². The van der Waals surface area contributed by atoms with Crippen molar-refractivity contribution in [2.45, 2.75) is 39.0 Å². The number of hydrogen-bond donors (Lipinski definition) is 2. The molecule has 3 heterocycles. The van der Waals surface area contributed by atoms with E-state index in [9.17, 15) is 14.7 Å². The standard InChI is InChI=1S/C23H27N5O3/c1-23(2,3)17-8-6-15(7-9-17)21(29)25-18-14-28-19(24-18)10-11-20(26-28)27-12-4-5-16(13-27)22(30)31/h6-11,14,16H,4-5,12-13H2,1-3H3,(H,25,29)(H,30,31). The molecule has 0 aliphatic carbocycles. The average Bonchev–Trinajstić information content (AvgIpc) is 3.14. The Bertz CT molecular complexity index is 1110. The molecule has 1 saturated heterocycles. The number of aliphatic carboxylic acids is 1. The molecular weight excluding hydrogens is 394 g/mol. The number of fused-ring (bicyclic) bond motifs is 1. The van der Waals surface area contributed by atoms with E-state index in [0.717, 1.165) is 18.5 Å². The van der Waals surface area contributed by atoms with Crippen LogP contribution in [0.2, 0.25) is 0 Å². The number of carbonyl (C=O) groups excluding carboxylic acids is 1. The fraction of sp³-hybridized carbons (Fsp3) is 0.391. The van der Waals surface area contributed by atoms with E-state index < -0.39 is 5.97 Å². The maximum atomic E-state index is 12.6. The molecule has 1 unspecified atom stereocenters. The average molecular weight is 422 g/mol. The Morgan fingerprint density at radius 1 is 1.13 bits per heavy atom. The van der Waals surface area contributed by atoms with Crippen molar-refractivity contribution in [3.8, 4) is 0 Å². The zero-order valence-electron chi connectivity index (χ0n) is 18.0. The van der Waals surface area contributed by atoms with E-state index in [0.29, 0.717) is 35.8 Å². The summed E-state index contributed by atoms with van der Waals surface area (Å²) < 4.78 is 1.61. The van der Waals surface area contributed by atoms with Gasteiger partial charge in [-0.15, -0.1) is 5.10 Å². The van der Waals surface area contributed by atoms with E-state index in [1.54, 1.807) is 10.7 Å². The number of nitrogens with one attached hydrogen (secondary N) is 1. The van der Waals surface area contributed by atoms with Gasteiger partial charge in [-0.05, 0) is 48.1 Å². The number of rotatable bonds is 4. The zero-order valence-corrected chi connectivity index (χ0v) is 18.0. The van der Waals surface area contributed by atoms with Gasteiger partial charge >= 0.3 is 5.97 Å². The van der Waals surface area contributed by atoms with Crippen LogP contribution in [0, 0.1) is 5.92 Å². The molecule has 0 spiro atoms. The first-order chi connectivity index (χ1) is 14.7. The Morgan fingerprint density at radius 2 is 1.87 bits per heavy atom. The van der Waals surface area contributed by atoms with Crippen LogP contribution in [0.25, 0.3) is 5.65 Å². The molecule has 2 aromatic heterocycles. The zero-order chi connectivity index (χ0) is 22.2. The Labute approximate surface area is 180 Å². The first-order valence-corrected chi connectivity index (χ1v) is 10.5. The Balaban J connectivity index is 1.49. The van der Waals surface area contributed by atoms with Crippen molar-refractivity contribution in [2.75, 3.05) is 23.3 Å². The third-order valence-electron chi connectivity index (χ3n) is 5.66. The van der Waals surface area contributed by atoms with Gasteiger partial charge in [0.05, 0.1) is 12.1 Å². The second-order valence-corrected chi connectivity index (χ2v) is 9.03. The van der Waals surface area contributed by atoms with Gasteiger partial charge in [0, 0.05) is 18.7 Å². The topological polar surface area (TPSA) is 99.8 Å². The molecule has 3 aromatic rings. The predicted octanol–water partition coefficient (Wildman–Crippen LogP) is 3.58. The number of nitrogens with zero attached hydrogens (tertiary/aromatic N) is 4. The summed E-state index contributed by atoms with van der Waals surface area (Å²) in [5.74, 6) is -0.269. The van der Waals surface area contributed by atoms with Crippen LogP contribution in [0.3, 0.4) is 0 Å². The summed E-state index contributed by atoms with van der Waals surface area (Å²) in [6.45, 7) is 7.60. The summed E-state index contributed by atoms with van der Waals surface area (Å²) in [6.07, 6.45) is 3.17. The number of amides is 1. The Morgan fingerprint density at radius 3 is 2.55 bits per heavy atom. The van der Waals surface area contributed by atoms with Crippen molar-refractivity contribution in [3.63, 3.8) is 0 Å². The minimum Gasteiger partial charge on any atom is -0.481 e. The van der Waals surface area contributed by atoms with Gasteiger partial charge in [-0.2, -0.15) is 0 Å². The van der Waals surface area contributed by atoms with Gasteiger partial charge in [0.25, 0.3) is 5.91 Å². The van der Waals surface area contributed by atoms with Crippen LogP contribution in [0.15, 0.2) is 42.6 Å². The molecule has 4 rings (SSSR count). The minimum atomic E-state index is -0.769. The maximum Gasteiger partial charge on any atom is 0.308 e. The molecule has 0 radical (unpaired) electrons. The molecule has 1 aliphatic heterocycles. The molecule has 2 N–H and O–H groups in total. The van der Waals surface area contributed by atoms with Crippen LogP contribution in [0.4, 0.5) is 11.6 Å². The van der Waals surface area contributed by atoms with Crippen molar-refractivity contribution >= 4 is 29.2 Å². The van der Waals surface area contributed by atoms with Crippen molar-refractivity contribution in [2.24, 2.45) is 5.92 Å². The molecule has 1 fully saturated rings. The number of hydrogen-bond acceptors (Lipinski definition) is 5. The molecule has 0 bridgehead atoms. The molecule has 8 heteroatoms. The number of carboxylic acids is 1. The fourth-order valence-corrected chi connectivity index (χ4v) is 3.80. The lowest BCUT2D eigenvalue weighted by molar-refractivity contribution is -0.141. The lowest BCUT2D eigenvalue weighted by atomic mass is 9.87. The van der Waals surface area contributed by atoms with Crippen LogP contribution in [-0.4, -0.2) is 44.7 Å². The van der Waals surface area contributed by atoms with Crippen molar-refractivity contribution in [1.82, 2.24) is 14.6 Å². The number of piperidine rings is 1. The summed E-state index contributed by atoms with van der Waals surface area (Å²) in [6, 6.07) is 11.2. The Hall–Kier alpha value is -3.42. The first kappa shape index (κ1) is 20.8.